The highest BCUT2D eigenvalue weighted by molar-refractivity contribution is 6.30. The Balaban J connectivity index is 1.29. The number of piperazine rings is 1. The van der Waals surface area contributed by atoms with Gasteiger partial charge in [-0.2, -0.15) is 0 Å². The van der Waals surface area contributed by atoms with Crippen LogP contribution in [0, 0.1) is 0 Å². The fourth-order valence-electron chi connectivity index (χ4n) is 5.43. The molecule has 0 bridgehead atoms. The van der Waals surface area contributed by atoms with Gasteiger partial charge < -0.3 is 20.9 Å². The SMILES string of the molecule is O=C(Nc1cccc(Cl)c1)Nc1ccc(N2CCN(Cc3ccccc3)CC2)c(C(=O)NC2CCCCC2)c1. The molecule has 204 valence electrons. The minimum absolute atomic E-state index is 0.0810. The number of rotatable bonds is 7. The average molecular weight is 546 g/mol. The molecule has 1 aliphatic heterocycles. The van der Waals surface area contributed by atoms with E-state index in [1.807, 2.05) is 18.2 Å². The monoisotopic (exact) mass is 545 g/mol. The van der Waals surface area contributed by atoms with E-state index in [0.29, 0.717) is 22.0 Å². The Bertz CT molecular complexity index is 1270. The van der Waals surface area contributed by atoms with E-state index in [-0.39, 0.29) is 11.9 Å². The lowest BCUT2D eigenvalue weighted by molar-refractivity contribution is 0.0928. The molecule has 3 amide bonds. The van der Waals surface area contributed by atoms with Crippen molar-refractivity contribution in [2.45, 2.75) is 44.7 Å². The number of hydrogen-bond donors (Lipinski definition) is 3. The molecule has 2 fully saturated rings. The maximum absolute atomic E-state index is 13.6. The van der Waals surface area contributed by atoms with Gasteiger partial charge in [-0.1, -0.05) is 67.3 Å². The first-order valence-electron chi connectivity index (χ1n) is 13.8. The molecule has 2 aliphatic rings. The van der Waals surface area contributed by atoms with Crippen LogP contribution >= 0.6 is 11.6 Å². The first-order chi connectivity index (χ1) is 19.0. The zero-order valence-corrected chi connectivity index (χ0v) is 22.9. The van der Waals surface area contributed by atoms with Crippen molar-refractivity contribution in [3.8, 4) is 0 Å². The zero-order chi connectivity index (χ0) is 27.0. The normalized spacial score (nSPS) is 16.5. The lowest BCUT2D eigenvalue weighted by atomic mass is 9.95. The Kier molecular flexibility index (Phi) is 9.01. The lowest BCUT2D eigenvalue weighted by Gasteiger charge is -2.37. The van der Waals surface area contributed by atoms with Gasteiger partial charge in [0.15, 0.2) is 0 Å². The second-order valence-electron chi connectivity index (χ2n) is 10.4. The molecule has 1 aliphatic carbocycles. The van der Waals surface area contributed by atoms with E-state index in [4.69, 9.17) is 11.6 Å². The third-order valence-corrected chi connectivity index (χ3v) is 7.72. The Labute approximate surface area is 235 Å². The van der Waals surface area contributed by atoms with Crippen LogP contribution in [0.25, 0.3) is 0 Å². The van der Waals surface area contributed by atoms with Crippen molar-refractivity contribution in [3.05, 3.63) is 88.9 Å². The van der Waals surface area contributed by atoms with Crippen LogP contribution in [-0.2, 0) is 6.54 Å². The van der Waals surface area contributed by atoms with Crippen molar-refractivity contribution in [3.63, 3.8) is 0 Å². The van der Waals surface area contributed by atoms with E-state index < -0.39 is 6.03 Å². The Morgan fingerprint density at radius 1 is 0.795 bits per heavy atom. The van der Waals surface area contributed by atoms with Crippen LogP contribution in [0.1, 0.15) is 48.0 Å². The van der Waals surface area contributed by atoms with Gasteiger partial charge in [0.25, 0.3) is 5.91 Å². The summed E-state index contributed by atoms with van der Waals surface area (Å²) in [6.45, 7) is 4.42. The number of nitrogens with zero attached hydrogens (tertiary/aromatic N) is 2. The first kappa shape index (κ1) is 27.0. The lowest BCUT2D eigenvalue weighted by Crippen LogP contribution is -2.46. The topological polar surface area (TPSA) is 76.7 Å². The van der Waals surface area contributed by atoms with Gasteiger partial charge >= 0.3 is 6.03 Å². The van der Waals surface area contributed by atoms with Gasteiger partial charge in [0.1, 0.15) is 0 Å². The summed E-state index contributed by atoms with van der Waals surface area (Å²) in [5, 5.41) is 9.48. The third kappa shape index (κ3) is 7.52. The smallest absolute Gasteiger partial charge is 0.323 e. The minimum atomic E-state index is -0.391. The number of urea groups is 1. The Morgan fingerprint density at radius 3 is 2.23 bits per heavy atom. The first-order valence-corrected chi connectivity index (χ1v) is 14.2. The van der Waals surface area contributed by atoms with Gasteiger partial charge in [-0.05, 0) is 54.8 Å². The third-order valence-electron chi connectivity index (χ3n) is 7.48. The van der Waals surface area contributed by atoms with Gasteiger partial charge in [-0.15, -0.1) is 0 Å². The number of benzene rings is 3. The van der Waals surface area contributed by atoms with Crippen molar-refractivity contribution in [2.24, 2.45) is 0 Å². The van der Waals surface area contributed by atoms with E-state index in [2.05, 4.69) is 50.0 Å². The molecule has 0 atom stereocenters. The average Bonchev–Trinajstić information content (AvgIpc) is 2.94. The predicted molar refractivity (Wildman–Crippen MR) is 159 cm³/mol. The molecule has 39 heavy (non-hydrogen) atoms. The van der Waals surface area contributed by atoms with Crippen LogP contribution in [0.5, 0.6) is 0 Å². The second kappa shape index (κ2) is 13.0. The largest absolute Gasteiger partial charge is 0.368 e. The maximum atomic E-state index is 13.6. The summed E-state index contributed by atoms with van der Waals surface area (Å²) in [6, 6.07) is 22.9. The Hall–Kier alpha value is -3.55. The van der Waals surface area contributed by atoms with Crippen LogP contribution in [0.4, 0.5) is 21.9 Å². The molecule has 1 heterocycles. The molecule has 3 N–H and O–H groups in total. The summed E-state index contributed by atoms with van der Waals surface area (Å²) in [6.07, 6.45) is 5.54. The van der Waals surface area contributed by atoms with Gasteiger partial charge in [0, 0.05) is 60.9 Å². The Morgan fingerprint density at radius 2 is 1.51 bits per heavy atom. The molecule has 0 aromatic heterocycles. The van der Waals surface area contributed by atoms with E-state index in [1.54, 1.807) is 30.3 Å². The van der Waals surface area contributed by atoms with Gasteiger partial charge in [0.2, 0.25) is 0 Å². The molecule has 0 spiro atoms. The number of carbonyl (C=O) groups is 2. The van der Waals surface area contributed by atoms with E-state index >= 15 is 0 Å². The molecule has 5 rings (SSSR count). The molecule has 1 saturated carbocycles. The number of hydrogen-bond acceptors (Lipinski definition) is 4. The molecule has 8 heteroatoms. The maximum Gasteiger partial charge on any atom is 0.323 e. The van der Waals surface area contributed by atoms with Crippen molar-refractivity contribution >= 4 is 40.6 Å². The summed E-state index contributed by atoms with van der Waals surface area (Å²) in [7, 11) is 0. The van der Waals surface area contributed by atoms with Crippen LogP contribution in [0.3, 0.4) is 0 Å². The van der Waals surface area contributed by atoms with Crippen molar-refractivity contribution < 1.29 is 9.59 Å². The standard InChI is InChI=1S/C31H36ClN5O2/c32-24-10-7-13-26(20-24)34-31(39)35-27-14-15-29(28(21-27)30(38)33-25-11-5-2-6-12-25)37-18-16-36(17-19-37)22-23-8-3-1-4-9-23/h1,3-4,7-10,13-15,20-21,25H,2,5-6,11-12,16-19,22H2,(H,33,38)(H2,34,35,39). The van der Waals surface area contributed by atoms with Crippen LogP contribution < -0.4 is 20.9 Å². The molecule has 0 unspecified atom stereocenters. The van der Waals surface area contributed by atoms with Crippen LogP contribution in [0.15, 0.2) is 72.8 Å². The predicted octanol–water partition coefficient (Wildman–Crippen LogP) is 6.37. The van der Waals surface area contributed by atoms with Crippen molar-refractivity contribution in [1.82, 2.24) is 10.2 Å². The summed E-state index contributed by atoms with van der Waals surface area (Å²) < 4.78 is 0. The quantitative estimate of drug-likeness (QED) is 0.322. The number of amides is 3. The number of anilines is 3. The number of carbonyl (C=O) groups excluding carboxylic acids is 2. The minimum Gasteiger partial charge on any atom is -0.368 e. The highest BCUT2D eigenvalue weighted by atomic mass is 35.5. The fourth-order valence-corrected chi connectivity index (χ4v) is 5.62. The van der Waals surface area contributed by atoms with Gasteiger partial charge in [0.05, 0.1) is 5.56 Å². The summed E-state index contributed by atoms with van der Waals surface area (Å²) >= 11 is 6.04. The highest BCUT2D eigenvalue weighted by Gasteiger charge is 2.24. The molecule has 7 nitrogen and oxygen atoms in total. The van der Waals surface area contributed by atoms with Gasteiger partial charge in [-0.25, -0.2) is 4.79 Å². The van der Waals surface area contributed by atoms with Gasteiger partial charge in [-0.3, -0.25) is 9.69 Å². The molecular weight excluding hydrogens is 510 g/mol. The summed E-state index contributed by atoms with van der Waals surface area (Å²) in [5.41, 5.74) is 3.97. The molecular formula is C31H36ClN5O2. The number of nitrogens with one attached hydrogen (secondary N) is 3. The number of halogens is 1. The van der Waals surface area contributed by atoms with Crippen LogP contribution in [0.2, 0.25) is 5.02 Å². The van der Waals surface area contributed by atoms with E-state index in [0.717, 1.165) is 64.1 Å². The molecule has 3 aromatic rings. The summed E-state index contributed by atoms with van der Waals surface area (Å²) in [5.74, 6) is -0.0810. The van der Waals surface area contributed by atoms with E-state index in [1.165, 1.54) is 12.0 Å². The second-order valence-corrected chi connectivity index (χ2v) is 10.8. The molecule has 3 aromatic carbocycles. The fraction of sp³-hybridized carbons (Fsp3) is 0.355. The summed E-state index contributed by atoms with van der Waals surface area (Å²) in [4.78, 5) is 31.0. The highest BCUT2D eigenvalue weighted by Crippen LogP contribution is 2.27. The van der Waals surface area contributed by atoms with Crippen LogP contribution in [-0.4, -0.2) is 49.1 Å². The molecule has 0 radical (unpaired) electrons. The molecule has 1 saturated heterocycles. The van der Waals surface area contributed by atoms with Crippen molar-refractivity contribution in [2.75, 3.05) is 41.7 Å². The van der Waals surface area contributed by atoms with E-state index in [9.17, 15) is 9.59 Å². The van der Waals surface area contributed by atoms with Crippen molar-refractivity contribution in [1.29, 1.82) is 0 Å². The zero-order valence-electron chi connectivity index (χ0n) is 22.2.